The van der Waals surface area contributed by atoms with Gasteiger partial charge < -0.3 is 14.8 Å². The molecular weight excluding hydrogens is 479 g/mol. The molecule has 1 N–H and O–H groups in total. The molecule has 0 aliphatic heterocycles. The van der Waals surface area contributed by atoms with Gasteiger partial charge in [0.1, 0.15) is 10.8 Å². The summed E-state index contributed by atoms with van der Waals surface area (Å²) in [7, 11) is 1.60. The molecule has 0 atom stereocenters. The first-order valence-electron chi connectivity index (χ1n) is 7.87. The second-order valence-electron chi connectivity index (χ2n) is 5.40. The third kappa shape index (κ3) is 5.27. The SMILES string of the molecule is COc1ccc(-c2nc(C(=O)OCC(=O)Nc3cccc(I)c3)cs2)cc1. The van der Waals surface area contributed by atoms with Gasteiger partial charge >= 0.3 is 5.97 Å². The molecule has 0 aliphatic rings. The highest BCUT2D eigenvalue weighted by Gasteiger charge is 2.15. The number of carbonyl (C=O) groups excluding carboxylic acids is 2. The lowest BCUT2D eigenvalue weighted by Crippen LogP contribution is -2.21. The van der Waals surface area contributed by atoms with Crippen LogP contribution in [0.2, 0.25) is 0 Å². The van der Waals surface area contributed by atoms with Crippen LogP contribution in [0.15, 0.2) is 53.9 Å². The van der Waals surface area contributed by atoms with Crippen LogP contribution in [0.4, 0.5) is 5.69 Å². The number of benzene rings is 2. The molecule has 3 aromatic rings. The fourth-order valence-electron chi connectivity index (χ4n) is 2.20. The molecule has 0 bridgehead atoms. The molecule has 1 amide bonds. The first-order chi connectivity index (χ1) is 13.0. The van der Waals surface area contributed by atoms with Crippen molar-refractivity contribution in [1.82, 2.24) is 4.98 Å². The molecule has 8 heteroatoms. The van der Waals surface area contributed by atoms with Crippen molar-refractivity contribution in [3.05, 3.63) is 63.2 Å². The average Bonchev–Trinajstić information content (AvgIpc) is 3.16. The molecule has 0 fully saturated rings. The number of methoxy groups -OCH3 is 1. The van der Waals surface area contributed by atoms with Gasteiger partial charge in [0.15, 0.2) is 12.3 Å². The number of hydrogen-bond acceptors (Lipinski definition) is 6. The number of halogens is 1. The molecule has 2 aromatic carbocycles. The Morgan fingerprint density at radius 1 is 1.19 bits per heavy atom. The van der Waals surface area contributed by atoms with E-state index in [1.807, 2.05) is 42.5 Å². The molecule has 0 spiro atoms. The van der Waals surface area contributed by atoms with Crippen molar-refractivity contribution < 1.29 is 19.1 Å². The quantitative estimate of drug-likeness (QED) is 0.410. The van der Waals surface area contributed by atoms with E-state index in [9.17, 15) is 9.59 Å². The highest BCUT2D eigenvalue weighted by molar-refractivity contribution is 14.1. The van der Waals surface area contributed by atoms with Crippen LogP contribution in [0.25, 0.3) is 10.6 Å². The summed E-state index contributed by atoms with van der Waals surface area (Å²) in [6.07, 6.45) is 0. The second-order valence-corrected chi connectivity index (χ2v) is 7.50. The van der Waals surface area contributed by atoms with Crippen molar-refractivity contribution in [2.45, 2.75) is 0 Å². The Bertz CT molecular complexity index is 956. The van der Waals surface area contributed by atoms with E-state index in [4.69, 9.17) is 9.47 Å². The summed E-state index contributed by atoms with van der Waals surface area (Å²) in [5.41, 5.74) is 1.70. The lowest BCUT2D eigenvalue weighted by Gasteiger charge is -2.06. The van der Waals surface area contributed by atoms with Crippen LogP contribution in [0, 0.1) is 3.57 Å². The fourth-order valence-corrected chi connectivity index (χ4v) is 3.54. The van der Waals surface area contributed by atoms with Gasteiger partial charge in [-0.1, -0.05) is 6.07 Å². The monoisotopic (exact) mass is 494 g/mol. The smallest absolute Gasteiger partial charge is 0.358 e. The van der Waals surface area contributed by atoms with E-state index in [1.54, 1.807) is 18.6 Å². The summed E-state index contributed by atoms with van der Waals surface area (Å²) in [6.45, 7) is -0.375. The molecule has 0 aliphatic carbocycles. The van der Waals surface area contributed by atoms with E-state index in [2.05, 4.69) is 32.9 Å². The van der Waals surface area contributed by atoms with E-state index >= 15 is 0 Å². The summed E-state index contributed by atoms with van der Waals surface area (Å²) < 4.78 is 11.2. The predicted molar refractivity (Wildman–Crippen MR) is 112 cm³/mol. The van der Waals surface area contributed by atoms with E-state index in [-0.39, 0.29) is 12.3 Å². The maximum Gasteiger partial charge on any atom is 0.358 e. The number of anilines is 1. The molecule has 0 unspecified atom stereocenters. The summed E-state index contributed by atoms with van der Waals surface area (Å²) in [6, 6.07) is 14.7. The van der Waals surface area contributed by atoms with E-state index < -0.39 is 11.9 Å². The van der Waals surface area contributed by atoms with Gasteiger partial charge in [-0.2, -0.15) is 0 Å². The van der Waals surface area contributed by atoms with Crippen molar-refractivity contribution in [2.24, 2.45) is 0 Å². The van der Waals surface area contributed by atoms with Crippen LogP contribution < -0.4 is 10.1 Å². The summed E-state index contributed by atoms with van der Waals surface area (Å²) in [5, 5.41) is 4.98. The molecule has 0 saturated carbocycles. The van der Waals surface area contributed by atoms with Gasteiger partial charge in [-0.3, -0.25) is 4.79 Å². The highest BCUT2D eigenvalue weighted by Crippen LogP contribution is 2.26. The number of amides is 1. The first-order valence-corrected chi connectivity index (χ1v) is 9.83. The Hall–Kier alpha value is -2.46. The number of carbonyl (C=O) groups is 2. The Kier molecular flexibility index (Phi) is 6.40. The Balaban J connectivity index is 1.56. The first kappa shape index (κ1) is 19.3. The second kappa shape index (κ2) is 8.96. The highest BCUT2D eigenvalue weighted by atomic mass is 127. The predicted octanol–water partition coefficient (Wildman–Crippen LogP) is 4.22. The number of thiazole rings is 1. The van der Waals surface area contributed by atoms with Gasteiger partial charge in [0.2, 0.25) is 0 Å². The van der Waals surface area contributed by atoms with Gasteiger partial charge in [0, 0.05) is 20.2 Å². The van der Waals surface area contributed by atoms with Gasteiger partial charge in [-0.15, -0.1) is 11.3 Å². The standard InChI is InChI=1S/C19H15IN2O4S/c1-25-15-7-5-12(6-8-15)18-22-16(11-27-18)19(24)26-10-17(23)21-14-4-2-3-13(20)9-14/h2-9,11H,10H2,1H3,(H,21,23). The summed E-state index contributed by atoms with van der Waals surface area (Å²) in [4.78, 5) is 28.3. The number of rotatable bonds is 6. The summed E-state index contributed by atoms with van der Waals surface area (Å²) >= 11 is 3.48. The Labute approximate surface area is 173 Å². The van der Waals surface area contributed by atoms with E-state index in [0.717, 1.165) is 14.9 Å². The van der Waals surface area contributed by atoms with Crippen molar-refractivity contribution in [3.8, 4) is 16.3 Å². The Morgan fingerprint density at radius 2 is 1.96 bits per heavy atom. The molecule has 6 nitrogen and oxygen atoms in total. The van der Waals surface area contributed by atoms with Gasteiger partial charge in [0.05, 0.1) is 7.11 Å². The average molecular weight is 494 g/mol. The Morgan fingerprint density at radius 3 is 2.67 bits per heavy atom. The van der Waals surface area contributed by atoms with Crippen molar-refractivity contribution in [2.75, 3.05) is 19.0 Å². The molecule has 1 heterocycles. The normalized spacial score (nSPS) is 10.3. The van der Waals surface area contributed by atoms with Crippen LogP contribution in [-0.2, 0) is 9.53 Å². The van der Waals surface area contributed by atoms with E-state index in [0.29, 0.717) is 10.7 Å². The lowest BCUT2D eigenvalue weighted by molar-refractivity contribution is -0.119. The topological polar surface area (TPSA) is 77.5 Å². The molecular formula is C19H15IN2O4S. The number of nitrogens with one attached hydrogen (secondary N) is 1. The zero-order valence-electron chi connectivity index (χ0n) is 14.3. The van der Waals surface area contributed by atoms with Crippen molar-refractivity contribution in [1.29, 1.82) is 0 Å². The maximum atomic E-state index is 12.1. The van der Waals surface area contributed by atoms with Crippen molar-refractivity contribution in [3.63, 3.8) is 0 Å². The molecule has 3 rings (SSSR count). The van der Waals surface area contributed by atoms with Gasteiger partial charge in [-0.05, 0) is 65.1 Å². The van der Waals surface area contributed by atoms with Crippen LogP contribution in [0.1, 0.15) is 10.5 Å². The number of hydrogen-bond donors (Lipinski definition) is 1. The number of ether oxygens (including phenoxy) is 2. The minimum absolute atomic E-state index is 0.174. The van der Waals surface area contributed by atoms with Crippen LogP contribution >= 0.6 is 33.9 Å². The van der Waals surface area contributed by atoms with Gasteiger partial charge in [0.25, 0.3) is 5.91 Å². The summed E-state index contributed by atoms with van der Waals surface area (Å²) in [5.74, 6) is -0.297. The van der Waals surface area contributed by atoms with Crippen LogP contribution in [0.3, 0.4) is 0 Å². The third-order valence-electron chi connectivity index (χ3n) is 3.49. The van der Waals surface area contributed by atoms with Crippen molar-refractivity contribution >= 4 is 51.5 Å². The molecule has 0 radical (unpaired) electrons. The third-order valence-corrected chi connectivity index (χ3v) is 5.06. The lowest BCUT2D eigenvalue weighted by atomic mass is 10.2. The molecule has 27 heavy (non-hydrogen) atoms. The van der Waals surface area contributed by atoms with Crippen LogP contribution in [0.5, 0.6) is 5.75 Å². The van der Waals surface area contributed by atoms with E-state index in [1.165, 1.54) is 11.3 Å². The minimum Gasteiger partial charge on any atom is -0.497 e. The number of aromatic nitrogens is 1. The maximum absolute atomic E-state index is 12.1. The number of nitrogens with zero attached hydrogens (tertiary/aromatic N) is 1. The molecule has 1 aromatic heterocycles. The zero-order valence-corrected chi connectivity index (χ0v) is 17.2. The molecule has 138 valence electrons. The number of esters is 1. The van der Waals surface area contributed by atoms with Crippen LogP contribution in [-0.4, -0.2) is 30.6 Å². The largest absolute Gasteiger partial charge is 0.497 e. The zero-order chi connectivity index (χ0) is 19.2. The fraction of sp³-hybridized carbons (Fsp3) is 0.105. The van der Waals surface area contributed by atoms with Gasteiger partial charge in [-0.25, -0.2) is 9.78 Å². The molecule has 0 saturated heterocycles. The minimum atomic E-state index is -0.635.